The number of benzene rings is 2. The maximum atomic E-state index is 10.3. The molecule has 0 atom stereocenters. The first kappa shape index (κ1) is 21.2. The van der Waals surface area contributed by atoms with Crippen molar-refractivity contribution in [2.45, 2.75) is 38.1 Å². The van der Waals surface area contributed by atoms with Gasteiger partial charge in [0.25, 0.3) is 0 Å². The zero-order chi connectivity index (χ0) is 21.6. The number of para-hydroxylation sites is 1. The highest BCUT2D eigenvalue weighted by Crippen LogP contribution is 2.30. The predicted octanol–water partition coefficient (Wildman–Crippen LogP) is 5.06. The summed E-state index contributed by atoms with van der Waals surface area (Å²) in [5.41, 5.74) is 2.42. The summed E-state index contributed by atoms with van der Waals surface area (Å²) in [7, 11) is 3.27. The molecule has 0 aliphatic heterocycles. The number of hydrogen-bond acceptors (Lipinski definition) is 6. The van der Waals surface area contributed by atoms with Crippen LogP contribution in [-0.4, -0.2) is 36.3 Å². The Kier molecular flexibility index (Phi) is 6.72. The molecule has 1 aliphatic rings. The Hall–Kier alpha value is -3.06. The molecule has 2 aromatic carbocycles. The molecule has 0 unspecified atom stereocenters. The van der Waals surface area contributed by atoms with Gasteiger partial charge in [-0.2, -0.15) is 5.10 Å². The highest BCUT2D eigenvalue weighted by Gasteiger charge is 2.15. The van der Waals surface area contributed by atoms with Crippen molar-refractivity contribution in [1.29, 1.82) is 0 Å². The molecule has 0 amide bonds. The van der Waals surface area contributed by atoms with Gasteiger partial charge in [-0.1, -0.05) is 31.4 Å². The summed E-state index contributed by atoms with van der Waals surface area (Å²) in [4.78, 5) is 5.87. The maximum Gasteiger partial charge on any atom is 0.206 e. The van der Waals surface area contributed by atoms with Gasteiger partial charge in [-0.15, -0.1) is 11.3 Å². The molecule has 7 heteroatoms. The van der Waals surface area contributed by atoms with E-state index in [0.717, 1.165) is 34.6 Å². The fourth-order valence-corrected chi connectivity index (χ4v) is 4.69. The molecule has 0 spiro atoms. The number of hydrogen-bond donors (Lipinski definition) is 1. The summed E-state index contributed by atoms with van der Waals surface area (Å²) in [6, 6.07) is 13.3. The number of ether oxygens (including phenoxy) is 2. The standard InChI is InChI=1S/C24H27N3O3S/c1-29-19-12-13-22(28)17(14-19)15-25-27-21(20-10-6-7-11-23(20)30-2)16-31-24(27)26-18-8-4-3-5-9-18/h6-7,10-16,18,28H,3-5,8-9H2,1-2H3. The Balaban J connectivity index is 1.81. The van der Waals surface area contributed by atoms with Gasteiger partial charge in [-0.05, 0) is 43.2 Å². The number of phenolic OH excluding ortho intramolecular Hbond substituents is 1. The fraction of sp³-hybridized carbons (Fsp3) is 0.333. The van der Waals surface area contributed by atoms with E-state index in [2.05, 4.69) is 5.38 Å². The lowest BCUT2D eigenvalue weighted by molar-refractivity contribution is 0.412. The van der Waals surface area contributed by atoms with Crippen LogP contribution in [0.2, 0.25) is 0 Å². The van der Waals surface area contributed by atoms with Crippen molar-refractivity contribution in [1.82, 2.24) is 4.68 Å². The minimum Gasteiger partial charge on any atom is -0.507 e. The third-order valence-electron chi connectivity index (χ3n) is 5.48. The molecule has 0 saturated heterocycles. The SMILES string of the molecule is COc1ccc(O)c(C=Nn2c(-c3ccccc3OC)csc2=NC2CCCCC2)c1. The molecule has 0 radical (unpaired) electrons. The smallest absolute Gasteiger partial charge is 0.206 e. The Bertz CT molecular complexity index is 1130. The third kappa shape index (κ3) is 4.82. The largest absolute Gasteiger partial charge is 0.507 e. The van der Waals surface area contributed by atoms with Crippen molar-refractivity contribution in [3.8, 4) is 28.5 Å². The van der Waals surface area contributed by atoms with Crippen molar-refractivity contribution >= 4 is 17.6 Å². The molecule has 1 aromatic heterocycles. The second kappa shape index (κ2) is 9.83. The Morgan fingerprint density at radius 2 is 1.87 bits per heavy atom. The number of aromatic hydroxyl groups is 1. The number of rotatable bonds is 6. The molecule has 3 aromatic rings. The quantitative estimate of drug-likeness (QED) is 0.549. The van der Waals surface area contributed by atoms with Crippen LogP contribution in [0.25, 0.3) is 11.3 Å². The van der Waals surface area contributed by atoms with Crippen LogP contribution in [0, 0.1) is 0 Å². The topological polar surface area (TPSA) is 68.3 Å². The second-order valence-corrected chi connectivity index (χ2v) is 8.34. The molecule has 1 heterocycles. The van der Waals surface area contributed by atoms with E-state index in [4.69, 9.17) is 19.6 Å². The first-order valence-corrected chi connectivity index (χ1v) is 11.4. The minimum atomic E-state index is 0.144. The molecule has 4 rings (SSSR count). The van der Waals surface area contributed by atoms with E-state index in [9.17, 15) is 5.11 Å². The van der Waals surface area contributed by atoms with Crippen molar-refractivity contribution in [2.75, 3.05) is 14.2 Å². The summed E-state index contributed by atoms with van der Waals surface area (Å²) >= 11 is 1.57. The van der Waals surface area contributed by atoms with Crippen LogP contribution in [0.15, 0.2) is 57.9 Å². The van der Waals surface area contributed by atoms with E-state index >= 15 is 0 Å². The summed E-state index contributed by atoms with van der Waals surface area (Å²) < 4.78 is 12.7. The van der Waals surface area contributed by atoms with Crippen molar-refractivity contribution < 1.29 is 14.6 Å². The zero-order valence-corrected chi connectivity index (χ0v) is 18.6. The van der Waals surface area contributed by atoms with Crippen molar-refractivity contribution in [2.24, 2.45) is 10.1 Å². The van der Waals surface area contributed by atoms with E-state index in [-0.39, 0.29) is 5.75 Å². The molecule has 162 valence electrons. The molecule has 1 N–H and O–H groups in total. The Morgan fingerprint density at radius 1 is 1.06 bits per heavy atom. The third-order valence-corrected chi connectivity index (χ3v) is 6.31. The number of phenols is 1. The van der Waals surface area contributed by atoms with E-state index < -0.39 is 0 Å². The lowest BCUT2D eigenvalue weighted by atomic mass is 9.96. The molecular formula is C24H27N3O3S. The van der Waals surface area contributed by atoms with E-state index in [1.54, 1.807) is 50.0 Å². The van der Waals surface area contributed by atoms with Gasteiger partial charge in [0.2, 0.25) is 4.80 Å². The van der Waals surface area contributed by atoms with Gasteiger partial charge in [0.1, 0.15) is 17.2 Å². The molecule has 31 heavy (non-hydrogen) atoms. The molecule has 1 saturated carbocycles. The molecule has 6 nitrogen and oxygen atoms in total. The van der Waals surface area contributed by atoms with Gasteiger partial charge in [0, 0.05) is 16.5 Å². The van der Waals surface area contributed by atoms with E-state index in [1.807, 2.05) is 28.9 Å². The van der Waals surface area contributed by atoms with Gasteiger partial charge >= 0.3 is 0 Å². The van der Waals surface area contributed by atoms with Crippen LogP contribution in [0.4, 0.5) is 0 Å². The second-order valence-electron chi connectivity index (χ2n) is 7.51. The summed E-state index contributed by atoms with van der Waals surface area (Å²) in [5, 5.41) is 17.0. The first-order valence-electron chi connectivity index (χ1n) is 10.5. The number of aromatic nitrogens is 1. The monoisotopic (exact) mass is 437 g/mol. The first-order chi connectivity index (χ1) is 15.2. The van der Waals surface area contributed by atoms with Gasteiger partial charge in [-0.3, -0.25) is 4.99 Å². The van der Waals surface area contributed by atoms with Gasteiger partial charge < -0.3 is 14.6 Å². The van der Waals surface area contributed by atoms with Crippen LogP contribution in [0.3, 0.4) is 0 Å². The normalized spacial score (nSPS) is 15.5. The molecule has 1 aliphatic carbocycles. The average Bonchev–Trinajstić information content (AvgIpc) is 3.21. The van der Waals surface area contributed by atoms with Crippen LogP contribution in [-0.2, 0) is 0 Å². The fourth-order valence-electron chi connectivity index (χ4n) is 3.79. The number of nitrogens with zero attached hydrogens (tertiary/aromatic N) is 3. The molecule has 1 fully saturated rings. The Morgan fingerprint density at radius 3 is 2.65 bits per heavy atom. The highest BCUT2D eigenvalue weighted by molar-refractivity contribution is 7.07. The lowest BCUT2D eigenvalue weighted by Crippen LogP contribution is -2.19. The van der Waals surface area contributed by atoms with Gasteiger partial charge in [0.15, 0.2) is 0 Å². The van der Waals surface area contributed by atoms with Crippen molar-refractivity contribution in [3.05, 3.63) is 58.2 Å². The van der Waals surface area contributed by atoms with E-state index in [1.165, 1.54) is 19.3 Å². The van der Waals surface area contributed by atoms with Gasteiger partial charge in [0.05, 0.1) is 32.2 Å². The number of thiazole rings is 1. The van der Waals surface area contributed by atoms with Crippen LogP contribution in [0.1, 0.15) is 37.7 Å². The maximum absolute atomic E-state index is 10.3. The summed E-state index contributed by atoms with van der Waals surface area (Å²) in [6.07, 6.45) is 7.60. The van der Waals surface area contributed by atoms with Crippen LogP contribution in [0.5, 0.6) is 17.2 Å². The Labute approximate surface area is 186 Å². The predicted molar refractivity (Wildman–Crippen MR) is 124 cm³/mol. The van der Waals surface area contributed by atoms with Crippen LogP contribution >= 0.6 is 11.3 Å². The van der Waals surface area contributed by atoms with Gasteiger partial charge in [-0.25, -0.2) is 4.68 Å². The number of methoxy groups -OCH3 is 2. The minimum absolute atomic E-state index is 0.144. The average molecular weight is 438 g/mol. The summed E-state index contributed by atoms with van der Waals surface area (Å²) in [5.74, 6) is 1.58. The highest BCUT2D eigenvalue weighted by atomic mass is 32.1. The van der Waals surface area contributed by atoms with E-state index in [0.29, 0.717) is 17.4 Å². The van der Waals surface area contributed by atoms with Crippen LogP contribution < -0.4 is 14.3 Å². The lowest BCUT2D eigenvalue weighted by Gasteiger charge is -2.17. The van der Waals surface area contributed by atoms with Crippen molar-refractivity contribution in [3.63, 3.8) is 0 Å². The summed E-state index contributed by atoms with van der Waals surface area (Å²) in [6.45, 7) is 0. The zero-order valence-electron chi connectivity index (χ0n) is 17.8. The molecular weight excluding hydrogens is 410 g/mol. The molecule has 0 bridgehead atoms.